The van der Waals surface area contributed by atoms with E-state index in [9.17, 15) is 4.79 Å². The Kier molecular flexibility index (Phi) is 5.33. The zero-order chi connectivity index (χ0) is 17.6. The molecule has 0 aliphatic heterocycles. The van der Waals surface area contributed by atoms with Crippen LogP contribution in [0.25, 0.3) is 16.9 Å². The number of amides is 1. The molecule has 1 amide bonds. The number of carbonyl (C=O) groups is 1. The van der Waals surface area contributed by atoms with Crippen molar-refractivity contribution in [3.63, 3.8) is 0 Å². The molecular formula is C20H23N3O2. The summed E-state index contributed by atoms with van der Waals surface area (Å²) < 4.78 is 7.38. The molecule has 0 bridgehead atoms. The van der Waals surface area contributed by atoms with Crippen molar-refractivity contribution >= 4 is 17.4 Å². The standard InChI is InChI=1S/C20H23N3O2/c1-3-4-5-13-18(24)22-20-19(15-10-6-7-11-16(15)25-2)21-17-12-8-9-14-23(17)20/h6-12,14H,3-5,13H2,1-2H3,(H,22,24). The molecule has 0 fully saturated rings. The van der Waals surface area contributed by atoms with E-state index < -0.39 is 0 Å². The Labute approximate surface area is 147 Å². The normalized spacial score (nSPS) is 10.8. The van der Waals surface area contributed by atoms with Gasteiger partial charge >= 0.3 is 0 Å². The number of fused-ring (bicyclic) bond motifs is 1. The first kappa shape index (κ1) is 17.0. The Morgan fingerprint density at radius 2 is 1.96 bits per heavy atom. The maximum absolute atomic E-state index is 12.4. The van der Waals surface area contributed by atoms with Crippen molar-refractivity contribution in [3.05, 3.63) is 48.7 Å². The van der Waals surface area contributed by atoms with E-state index >= 15 is 0 Å². The van der Waals surface area contributed by atoms with E-state index in [0.29, 0.717) is 17.9 Å². The summed E-state index contributed by atoms with van der Waals surface area (Å²) in [6.45, 7) is 2.13. The first-order chi connectivity index (χ1) is 12.2. The number of methoxy groups -OCH3 is 1. The van der Waals surface area contributed by atoms with Gasteiger partial charge in [-0.15, -0.1) is 0 Å². The summed E-state index contributed by atoms with van der Waals surface area (Å²) in [6, 6.07) is 13.5. The zero-order valence-corrected chi connectivity index (χ0v) is 14.7. The second-order valence-corrected chi connectivity index (χ2v) is 5.94. The molecule has 3 rings (SSSR count). The first-order valence-electron chi connectivity index (χ1n) is 8.65. The van der Waals surface area contributed by atoms with Gasteiger partial charge in [-0.05, 0) is 30.7 Å². The molecule has 5 heteroatoms. The number of aromatic nitrogens is 2. The lowest BCUT2D eigenvalue weighted by molar-refractivity contribution is -0.116. The summed E-state index contributed by atoms with van der Waals surface area (Å²) in [4.78, 5) is 17.1. The van der Waals surface area contributed by atoms with Gasteiger partial charge in [-0.25, -0.2) is 4.98 Å². The molecule has 1 aromatic carbocycles. The molecule has 130 valence electrons. The Morgan fingerprint density at radius 3 is 2.76 bits per heavy atom. The maximum Gasteiger partial charge on any atom is 0.225 e. The molecule has 0 aliphatic rings. The van der Waals surface area contributed by atoms with Gasteiger partial charge in [-0.2, -0.15) is 0 Å². The smallest absolute Gasteiger partial charge is 0.225 e. The molecule has 1 N–H and O–H groups in total. The van der Waals surface area contributed by atoms with E-state index in [1.807, 2.05) is 53.1 Å². The largest absolute Gasteiger partial charge is 0.496 e. The molecule has 0 atom stereocenters. The van der Waals surface area contributed by atoms with E-state index in [2.05, 4.69) is 12.2 Å². The first-order valence-corrected chi connectivity index (χ1v) is 8.65. The number of imidazole rings is 1. The van der Waals surface area contributed by atoms with Crippen molar-refractivity contribution in [2.45, 2.75) is 32.6 Å². The highest BCUT2D eigenvalue weighted by atomic mass is 16.5. The van der Waals surface area contributed by atoms with Crippen molar-refractivity contribution in [2.75, 3.05) is 12.4 Å². The van der Waals surface area contributed by atoms with Crippen molar-refractivity contribution < 1.29 is 9.53 Å². The van der Waals surface area contributed by atoms with Gasteiger partial charge in [0.15, 0.2) is 0 Å². The molecule has 0 radical (unpaired) electrons. The van der Waals surface area contributed by atoms with E-state index in [0.717, 1.165) is 36.2 Å². The van der Waals surface area contributed by atoms with Crippen molar-refractivity contribution in [3.8, 4) is 17.0 Å². The van der Waals surface area contributed by atoms with Gasteiger partial charge in [0.2, 0.25) is 5.91 Å². The van der Waals surface area contributed by atoms with Crippen LogP contribution in [-0.4, -0.2) is 22.4 Å². The summed E-state index contributed by atoms with van der Waals surface area (Å²) in [5.41, 5.74) is 2.36. The van der Waals surface area contributed by atoms with Crippen LogP contribution in [0.1, 0.15) is 32.6 Å². The van der Waals surface area contributed by atoms with Gasteiger partial charge in [0.05, 0.1) is 7.11 Å². The highest BCUT2D eigenvalue weighted by Gasteiger charge is 2.18. The molecule has 2 aromatic heterocycles. The number of nitrogens with zero attached hydrogens (tertiary/aromatic N) is 2. The highest BCUT2D eigenvalue weighted by Crippen LogP contribution is 2.35. The second kappa shape index (κ2) is 7.83. The van der Waals surface area contributed by atoms with Gasteiger partial charge in [-0.3, -0.25) is 9.20 Å². The molecule has 0 aliphatic carbocycles. The number of para-hydroxylation sites is 1. The van der Waals surface area contributed by atoms with Crippen LogP contribution in [0, 0.1) is 0 Å². The quantitative estimate of drug-likeness (QED) is 0.645. The number of pyridine rings is 1. The van der Waals surface area contributed by atoms with Gasteiger partial charge in [0, 0.05) is 18.2 Å². The summed E-state index contributed by atoms with van der Waals surface area (Å²) in [5.74, 6) is 1.42. The van der Waals surface area contributed by atoms with Crippen molar-refractivity contribution in [1.82, 2.24) is 9.38 Å². The van der Waals surface area contributed by atoms with Gasteiger partial charge in [-0.1, -0.05) is 38.0 Å². The number of benzene rings is 1. The molecule has 5 nitrogen and oxygen atoms in total. The van der Waals surface area contributed by atoms with Crippen molar-refractivity contribution in [1.29, 1.82) is 0 Å². The van der Waals surface area contributed by atoms with Crippen LogP contribution in [0.5, 0.6) is 5.75 Å². The molecule has 0 spiro atoms. The Bertz CT molecular complexity index is 870. The van der Waals surface area contributed by atoms with Gasteiger partial charge in [0.25, 0.3) is 0 Å². The van der Waals surface area contributed by atoms with Gasteiger partial charge in [0.1, 0.15) is 22.9 Å². The second-order valence-electron chi connectivity index (χ2n) is 5.94. The number of nitrogens with one attached hydrogen (secondary N) is 1. The summed E-state index contributed by atoms with van der Waals surface area (Å²) in [7, 11) is 1.64. The van der Waals surface area contributed by atoms with Crippen LogP contribution in [0.4, 0.5) is 5.82 Å². The monoisotopic (exact) mass is 337 g/mol. The molecule has 25 heavy (non-hydrogen) atoms. The number of hydrogen-bond acceptors (Lipinski definition) is 3. The Morgan fingerprint density at radius 1 is 1.16 bits per heavy atom. The third-order valence-electron chi connectivity index (χ3n) is 4.16. The average Bonchev–Trinajstić information content (AvgIpc) is 3.00. The predicted octanol–water partition coefficient (Wildman–Crippen LogP) is 4.53. The molecule has 3 aromatic rings. The lowest BCUT2D eigenvalue weighted by atomic mass is 10.1. The minimum absolute atomic E-state index is 0.00949. The van der Waals surface area contributed by atoms with E-state index in [-0.39, 0.29) is 5.91 Å². The minimum Gasteiger partial charge on any atom is -0.496 e. The number of anilines is 1. The van der Waals surface area contributed by atoms with Crippen LogP contribution in [0.3, 0.4) is 0 Å². The van der Waals surface area contributed by atoms with E-state index in [4.69, 9.17) is 9.72 Å². The van der Waals surface area contributed by atoms with Gasteiger partial charge < -0.3 is 10.1 Å². The fourth-order valence-electron chi connectivity index (χ4n) is 2.87. The summed E-state index contributed by atoms with van der Waals surface area (Å²) in [5, 5.41) is 3.05. The van der Waals surface area contributed by atoms with Crippen LogP contribution in [-0.2, 0) is 4.79 Å². The van der Waals surface area contributed by atoms with Crippen LogP contribution in [0.15, 0.2) is 48.7 Å². The number of ether oxygens (including phenoxy) is 1. The van der Waals surface area contributed by atoms with Crippen LogP contribution >= 0.6 is 0 Å². The van der Waals surface area contributed by atoms with Crippen LogP contribution in [0.2, 0.25) is 0 Å². The fourth-order valence-corrected chi connectivity index (χ4v) is 2.87. The highest BCUT2D eigenvalue weighted by molar-refractivity contribution is 5.95. The van der Waals surface area contributed by atoms with E-state index in [1.165, 1.54) is 0 Å². The molecule has 2 heterocycles. The van der Waals surface area contributed by atoms with E-state index in [1.54, 1.807) is 7.11 Å². The predicted molar refractivity (Wildman–Crippen MR) is 100.0 cm³/mol. The zero-order valence-electron chi connectivity index (χ0n) is 14.7. The third-order valence-corrected chi connectivity index (χ3v) is 4.16. The Hall–Kier alpha value is -2.82. The molecular weight excluding hydrogens is 314 g/mol. The molecule has 0 saturated heterocycles. The molecule has 0 saturated carbocycles. The lowest BCUT2D eigenvalue weighted by Crippen LogP contribution is -2.13. The topological polar surface area (TPSA) is 55.6 Å². The fraction of sp³-hybridized carbons (Fsp3) is 0.300. The summed E-state index contributed by atoms with van der Waals surface area (Å²) >= 11 is 0. The summed E-state index contributed by atoms with van der Waals surface area (Å²) in [6.07, 6.45) is 5.46. The average molecular weight is 337 g/mol. The molecule has 0 unspecified atom stereocenters. The number of unbranched alkanes of at least 4 members (excludes halogenated alkanes) is 2. The Balaban J connectivity index is 2.02. The lowest BCUT2D eigenvalue weighted by Gasteiger charge is -2.10. The van der Waals surface area contributed by atoms with Crippen LogP contribution < -0.4 is 10.1 Å². The number of hydrogen-bond donors (Lipinski definition) is 1. The SMILES string of the molecule is CCCCCC(=O)Nc1c(-c2ccccc2OC)nc2ccccn12. The number of carbonyl (C=O) groups excluding carboxylic acids is 1. The van der Waals surface area contributed by atoms with Crippen molar-refractivity contribution in [2.24, 2.45) is 0 Å². The minimum atomic E-state index is 0.00949. The maximum atomic E-state index is 12.4. The number of rotatable bonds is 7. The third kappa shape index (κ3) is 3.65.